The normalized spacial score (nSPS) is 11.0. The van der Waals surface area contributed by atoms with Crippen molar-refractivity contribution in [3.05, 3.63) is 35.9 Å². The fourth-order valence-electron chi connectivity index (χ4n) is 1.10. The van der Waals surface area contributed by atoms with Gasteiger partial charge in [-0.1, -0.05) is 30.3 Å². The summed E-state index contributed by atoms with van der Waals surface area (Å²) in [5.74, 6) is 0. The molecule has 0 aliphatic rings. The van der Waals surface area contributed by atoms with E-state index in [0.29, 0.717) is 6.61 Å². The molecule has 0 saturated carbocycles. The van der Waals surface area contributed by atoms with Gasteiger partial charge in [0.25, 0.3) is 0 Å². The maximum atomic E-state index is 11.7. The molecule has 0 aromatic heterocycles. The maximum Gasteiger partial charge on any atom is 1.00 e. The Balaban J connectivity index is 0.00000256. The van der Waals surface area contributed by atoms with Gasteiger partial charge < -0.3 is 22.4 Å². The molecule has 1 aromatic carbocycles. The van der Waals surface area contributed by atoms with Crippen molar-refractivity contribution in [2.75, 3.05) is 19.7 Å². The minimum Gasteiger partial charge on any atom is -0.447 e. The number of rotatable bonds is 7. The molecule has 0 spiro atoms. The second-order valence-electron chi connectivity index (χ2n) is 3.32. The van der Waals surface area contributed by atoms with Crippen molar-refractivity contribution in [3.8, 4) is 0 Å². The standard InChI is InChI=1S/C10H13BF3O2.K/c12-11(13,14)9-16-7-6-15-8-10-4-2-1-3-5-10;/h1-5H,6-9H2;/q-1;+1. The smallest absolute Gasteiger partial charge is 0.447 e. The third-order valence-corrected chi connectivity index (χ3v) is 1.79. The van der Waals surface area contributed by atoms with E-state index in [1.165, 1.54) is 0 Å². The molecule has 17 heavy (non-hydrogen) atoms. The quantitative estimate of drug-likeness (QED) is 0.497. The Bertz CT molecular complexity index is 295. The van der Waals surface area contributed by atoms with Gasteiger partial charge in [0.15, 0.2) is 0 Å². The van der Waals surface area contributed by atoms with Crippen molar-refractivity contribution < 1.29 is 73.8 Å². The molecule has 1 aromatic rings. The van der Waals surface area contributed by atoms with Crippen LogP contribution in [-0.2, 0) is 16.1 Å². The molecule has 0 radical (unpaired) electrons. The summed E-state index contributed by atoms with van der Waals surface area (Å²) in [5, 5.41) is 0. The third-order valence-electron chi connectivity index (χ3n) is 1.79. The van der Waals surface area contributed by atoms with Crippen LogP contribution in [-0.4, -0.2) is 26.7 Å². The van der Waals surface area contributed by atoms with Gasteiger partial charge >= 0.3 is 58.4 Å². The Kier molecular flexibility index (Phi) is 9.90. The van der Waals surface area contributed by atoms with Gasteiger partial charge in [-0.3, -0.25) is 0 Å². The van der Waals surface area contributed by atoms with E-state index in [1.807, 2.05) is 30.3 Å². The molecule has 0 fully saturated rings. The Morgan fingerprint density at radius 3 is 2.12 bits per heavy atom. The van der Waals surface area contributed by atoms with Crippen LogP contribution in [0.25, 0.3) is 0 Å². The number of benzene rings is 1. The van der Waals surface area contributed by atoms with E-state index in [9.17, 15) is 12.9 Å². The molecule has 0 saturated heterocycles. The second kappa shape index (κ2) is 9.55. The van der Waals surface area contributed by atoms with Crippen LogP contribution >= 0.6 is 0 Å². The topological polar surface area (TPSA) is 18.5 Å². The van der Waals surface area contributed by atoms with Crippen LogP contribution in [0.15, 0.2) is 30.3 Å². The molecule has 0 aliphatic heterocycles. The summed E-state index contributed by atoms with van der Waals surface area (Å²) in [6.07, 6.45) is 0. The van der Waals surface area contributed by atoms with Gasteiger partial charge in [0.05, 0.1) is 19.8 Å². The number of ether oxygens (including phenoxy) is 2. The fraction of sp³-hybridized carbons (Fsp3) is 0.400. The summed E-state index contributed by atoms with van der Waals surface area (Å²) >= 11 is 0. The van der Waals surface area contributed by atoms with Crippen LogP contribution in [0.2, 0.25) is 0 Å². The van der Waals surface area contributed by atoms with Gasteiger partial charge in [-0.05, 0) is 5.56 Å². The van der Waals surface area contributed by atoms with Gasteiger partial charge in [0.1, 0.15) is 0 Å². The van der Waals surface area contributed by atoms with Gasteiger partial charge in [0, 0.05) is 6.51 Å². The van der Waals surface area contributed by atoms with E-state index in [2.05, 4.69) is 4.74 Å². The van der Waals surface area contributed by atoms with E-state index in [1.54, 1.807) is 0 Å². The van der Waals surface area contributed by atoms with Gasteiger partial charge in [-0.15, -0.1) is 0 Å². The van der Waals surface area contributed by atoms with Crippen molar-refractivity contribution in [3.63, 3.8) is 0 Å². The van der Waals surface area contributed by atoms with E-state index < -0.39 is 13.5 Å². The predicted molar refractivity (Wildman–Crippen MR) is 56.0 cm³/mol. The largest absolute Gasteiger partial charge is 1.00 e. The second-order valence-corrected chi connectivity index (χ2v) is 3.32. The summed E-state index contributed by atoms with van der Waals surface area (Å²) in [7, 11) is 0. The summed E-state index contributed by atoms with van der Waals surface area (Å²) in [6, 6.07) is 9.42. The molecule has 0 unspecified atom stereocenters. The van der Waals surface area contributed by atoms with Crippen LogP contribution in [0.3, 0.4) is 0 Å². The molecule has 0 amide bonds. The number of halogens is 3. The molecule has 90 valence electrons. The van der Waals surface area contributed by atoms with Gasteiger partial charge in [-0.2, -0.15) is 0 Å². The molecule has 0 heterocycles. The molecule has 0 aliphatic carbocycles. The van der Waals surface area contributed by atoms with Crippen molar-refractivity contribution >= 4 is 6.98 Å². The SMILES string of the molecule is F[B-](F)(F)COCCOCc1ccccc1.[K+]. The van der Waals surface area contributed by atoms with Crippen molar-refractivity contribution in [2.45, 2.75) is 6.61 Å². The molecule has 2 nitrogen and oxygen atoms in total. The van der Waals surface area contributed by atoms with Crippen LogP contribution in [0.4, 0.5) is 12.9 Å². The van der Waals surface area contributed by atoms with Crippen molar-refractivity contribution in [2.24, 2.45) is 0 Å². The molecule has 0 atom stereocenters. The summed E-state index contributed by atoms with van der Waals surface area (Å²) < 4.78 is 44.7. The fourth-order valence-corrected chi connectivity index (χ4v) is 1.10. The zero-order valence-corrected chi connectivity index (χ0v) is 12.9. The summed E-state index contributed by atoms with van der Waals surface area (Å²) in [5.41, 5.74) is 0.988. The average molecular weight is 272 g/mol. The van der Waals surface area contributed by atoms with Crippen molar-refractivity contribution in [1.82, 2.24) is 0 Å². The average Bonchev–Trinajstić information content (AvgIpc) is 2.23. The third kappa shape index (κ3) is 10.3. The Morgan fingerprint density at radius 1 is 0.941 bits per heavy atom. The monoisotopic (exact) mass is 272 g/mol. The van der Waals surface area contributed by atoms with Gasteiger partial charge in [-0.25, -0.2) is 0 Å². The van der Waals surface area contributed by atoms with E-state index in [0.717, 1.165) is 5.56 Å². The van der Waals surface area contributed by atoms with E-state index in [-0.39, 0.29) is 64.6 Å². The minimum absolute atomic E-state index is 0. The molecular formula is C10H13BF3KO2. The van der Waals surface area contributed by atoms with E-state index in [4.69, 9.17) is 4.74 Å². The Labute approximate surface area is 141 Å². The minimum atomic E-state index is -4.85. The first-order valence-electron chi connectivity index (χ1n) is 4.98. The number of hydrogen-bond acceptors (Lipinski definition) is 2. The van der Waals surface area contributed by atoms with Gasteiger partial charge in [0.2, 0.25) is 0 Å². The zero-order valence-electron chi connectivity index (χ0n) is 9.74. The first-order chi connectivity index (χ1) is 7.58. The molecule has 7 heteroatoms. The molecule has 0 N–H and O–H groups in total. The van der Waals surface area contributed by atoms with Crippen LogP contribution in [0.5, 0.6) is 0 Å². The Hall–Kier alpha value is 0.631. The predicted octanol–water partition coefficient (Wildman–Crippen LogP) is -0.390. The van der Waals surface area contributed by atoms with Crippen LogP contribution in [0, 0.1) is 0 Å². The van der Waals surface area contributed by atoms with Crippen LogP contribution in [0.1, 0.15) is 5.56 Å². The molecule has 0 bridgehead atoms. The first-order valence-corrected chi connectivity index (χ1v) is 4.98. The van der Waals surface area contributed by atoms with E-state index >= 15 is 0 Å². The number of hydrogen-bond donors (Lipinski definition) is 0. The zero-order chi connectivity index (χ0) is 11.9. The maximum absolute atomic E-state index is 11.7. The molecule has 1 rings (SSSR count). The Morgan fingerprint density at radius 2 is 1.53 bits per heavy atom. The molecular weight excluding hydrogens is 259 g/mol. The summed E-state index contributed by atoms with van der Waals surface area (Å²) in [6.45, 7) is -5.48. The summed E-state index contributed by atoms with van der Waals surface area (Å²) in [4.78, 5) is 0. The van der Waals surface area contributed by atoms with Crippen LogP contribution < -0.4 is 51.4 Å². The first kappa shape index (κ1) is 17.6. The van der Waals surface area contributed by atoms with Crippen molar-refractivity contribution in [1.29, 1.82) is 0 Å².